The minimum atomic E-state index is -0.949. The number of aryl methyl sites for hydroxylation is 1. The van der Waals surface area contributed by atoms with E-state index in [1.807, 2.05) is 6.92 Å². The van der Waals surface area contributed by atoms with Gasteiger partial charge in [0.25, 0.3) is 5.69 Å². The smallest absolute Gasteiger partial charge is 0.272 e. The molecule has 6 heteroatoms. The summed E-state index contributed by atoms with van der Waals surface area (Å²) in [5.41, 5.74) is 0.0121. The van der Waals surface area contributed by atoms with Crippen LogP contribution in [0.4, 0.5) is 11.4 Å². The molecular weight excluding hydrogens is 258 g/mol. The van der Waals surface area contributed by atoms with Gasteiger partial charge >= 0.3 is 0 Å². The number of carbonyl (C=O) groups is 1. The Morgan fingerprint density at radius 1 is 1.55 bits per heavy atom. The van der Waals surface area contributed by atoms with E-state index in [1.54, 1.807) is 13.0 Å². The molecule has 1 saturated carbocycles. The van der Waals surface area contributed by atoms with Gasteiger partial charge in [0.2, 0.25) is 5.91 Å². The number of carbonyl (C=O) groups excluding carboxylic acids is 1. The number of hydrogen-bond donors (Lipinski definition) is 1. The molecule has 0 spiro atoms. The van der Waals surface area contributed by atoms with Crippen LogP contribution in [-0.4, -0.2) is 10.8 Å². The van der Waals surface area contributed by atoms with Gasteiger partial charge in [-0.25, -0.2) is 0 Å². The maximum Gasteiger partial charge on any atom is 0.272 e. The van der Waals surface area contributed by atoms with Crippen LogP contribution in [0.2, 0.25) is 0 Å². The largest absolute Gasteiger partial charge is 0.325 e. The molecule has 0 bridgehead atoms. The summed E-state index contributed by atoms with van der Waals surface area (Å²) >= 11 is 0. The van der Waals surface area contributed by atoms with Crippen molar-refractivity contribution < 1.29 is 9.72 Å². The Balaban J connectivity index is 2.15. The molecule has 0 aromatic heterocycles. The zero-order valence-electron chi connectivity index (χ0n) is 11.3. The van der Waals surface area contributed by atoms with E-state index in [9.17, 15) is 20.2 Å². The van der Waals surface area contributed by atoms with Crippen LogP contribution >= 0.6 is 0 Å². The molecule has 0 atom stereocenters. The highest BCUT2D eigenvalue weighted by Crippen LogP contribution is 2.45. The van der Waals surface area contributed by atoms with Gasteiger partial charge in [0.15, 0.2) is 0 Å². The zero-order valence-corrected chi connectivity index (χ0v) is 11.3. The minimum Gasteiger partial charge on any atom is -0.325 e. The fraction of sp³-hybridized carbons (Fsp3) is 0.429. The van der Waals surface area contributed by atoms with Crippen molar-refractivity contribution in [1.82, 2.24) is 0 Å². The van der Waals surface area contributed by atoms with Gasteiger partial charge in [-0.2, -0.15) is 5.26 Å². The molecule has 1 fully saturated rings. The lowest BCUT2D eigenvalue weighted by atomic mass is 9.63. The summed E-state index contributed by atoms with van der Waals surface area (Å²) in [6.45, 7) is 3.61. The van der Waals surface area contributed by atoms with Crippen LogP contribution in [0.5, 0.6) is 0 Å². The predicted molar refractivity (Wildman–Crippen MR) is 72.9 cm³/mol. The quantitative estimate of drug-likeness (QED) is 0.676. The lowest BCUT2D eigenvalue weighted by molar-refractivity contribution is -0.385. The average Bonchev–Trinajstić information content (AvgIpc) is 2.34. The number of benzene rings is 1. The standard InChI is InChI=1S/C14H15N3O3/c1-9-6-14(7-9,8-15)13(18)16-11-3-4-12(17(19)20)10(2)5-11/h3-5,9H,6-7H2,1-2H3,(H,16,18). The fourth-order valence-corrected chi connectivity index (χ4v) is 2.65. The molecule has 1 aliphatic carbocycles. The van der Waals surface area contributed by atoms with Crippen molar-refractivity contribution in [3.05, 3.63) is 33.9 Å². The minimum absolute atomic E-state index is 0.00950. The van der Waals surface area contributed by atoms with Gasteiger partial charge in [-0.3, -0.25) is 14.9 Å². The number of nitro groups is 1. The molecule has 1 aromatic rings. The highest BCUT2D eigenvalue weighted by Gasteiger charge is 2.48. The summed E-state index contributed by atoms with van der Waals surface area (Å²) in [5, 5.41) is 22.6. The summed E-state index contributed by atoms with van der Waals surface area (Å²) < 4.78 is 0. The summed E-state index contributed by atoms with van der Waals surface area (Å²) in [4.78, 5) is 22.4. The molecule has 1 amide bonds. The van der Waals surface area contributed by atoms with Crippen molar-refractivity contribution in [3.8, 4) is 6.07 Å². The maximum absolute atomic E-state index is 12.2. The van der Waals surface area contributed by atoms with Crippen LogP contribution in [0.15, 0.2) is 18.2 Å². The molecule has 20 heavy (non-hydrogen) atoms. The second-order valence-electron chi connectivity index (χ2n) is 5.42. The number of nitro benzene ring substituents is 1. The van der Waals surface area contributed by atoms with E-state index in [-0.39, 0.29) is 11.6 Å². The fourth-order valence-electron chi connectivity index (χ4n) is 2.65. The van der Waals surface area contributed by atoms with Crippen molar-refractivity contribution in [2.24, 2.45) is 11.3 Å². The Morgan fingerprint density at radius 3 is 2.65 bits per heavy atom. The first-order valence-corrected chi connectivity index (χ1v) is 6.36. The van der Waals surface area contributed by atoms with Gasteiger partial charge in [-0.05, 0) is 37.8 Å². The topological polar surface area (TPSA) is 96.0 Å². The first-order chi connectivity index (χ1) is 9.38. The van der Waals surface area contributed by atoms with Crippen LogP contribution < -0.4 is 5.32 Å². The molecule has 2 rings (SSSR count). The number of rotatable bonds is 3. The van der Waals surface area contributed by atoms with Gasteiger partial charge in [-0.1, -0.05) is 6.92 Å². The summed E-state index contributed by atoms with van der Waals surface area (Å²) in [6, 6.07) is 6.47. The van der Waals surface area contributed by atoms with E-state index in [1.165, 1.54) is 12.1 Å². The third kappa shape index (κ3) is 2.35. The van der Waals surface area contributed by atoms with E-state index in [4.69, 9.17) is 0 Å². The molecule has 1 aliphatic rings. The number of nitrogens with one attached hydrogen (secondary N) is 1. The molecular formula is C14H15N3O3. The molecule has 0 heterocycles. The highest BCUT2D eigenvalue weighted by molar-refractivity contribution is 5.98. The summed E-state index contributed by atoms with van der Waals surface area (Å²) in [5.74, 6) is 0.0466. The molecule has 1 N–H and O–H groups in total. The van der Waals surface area contributed by atoms with E-state index < -0.39 is 10.3 Å². The lowest BCUT2D eigenvalue weighted by Gasteiger charge is -2.39. The van der Waals surface area contributed by atoms with Crippen LogP contribution in [0.25, 0.3) is 0 Å². The highest BCUT2D eigenvalue weighted by atomic mass is 16.6. The number of hydrogen-bond acceptors (Lipinski definition) is 4. The number of anilines is 1. The molecule has 0 unspecified atom stereocenters. The number of amides is 1. The van der Waals surface area contributed by atoms with Crippen molar-refractivity contribution in [3.63, 3.8) is 0 Å². The Morgan fingerprint density at radius 2 is 2.20 bits per heavy atom. The van der Waals surface area contributed by atoms with Gasteiger partial charge < -0.3 is 5.32 Å². The summed E-state index contributed by atoms with van der Waals surface area (Å²) in [7, 11) is 0. The predicted octanol–water partition coefficient (Wildman–Crippen LogP) is 2.78. The SMILES string of the molecule is Cc1cc(NC(=O)C2(C#N)CC(C)C2)ccc1[N+](=O)[O-]. The van der Waals surface area contributed by atoms with Crippen molar-refractivity contribution in [1.29, 1.82) is 5.26 Å². The maximum atomic E-state index is 12.2. The second-order valence-corrected chi connectivity index (χ2v) is 5.42. The first-order valence-electron chi connectivity index (χ1n) is 6.36. The van der Waals surface area contributed by atoms with Crippen molar-refractivity contribution in [2.45, 2.75) is 26.7 Å². The van der Waals surface area contributed by atoms with E-state index in [2.05, 4.69) is 11.4 Å². The molecule has 0 radical (unpaired) electrons. The Hall–Kier alpha value is -2.42. The van der Waals surface area contributed by atoms with Crippen LogP contribution in [-0.2, 0) is 4.79 Å². The third-order valence-corrected chi connectivity index (χ3v) is 3.69. The van der Waals surface area contributed by atoms with E-state index in [0.717, 1.165) is 0 Å². The zero-order chi connectivity index (χ0) is 14.9. The Kier molecular flexibility index (Phi) is 3.45. The normalized spacial score (nSPS) is 24.4. The van der Waals surface area contributed by atoms with Crippen LogP contribution in [0, 0.1) is 39.7 Å². The monoisotopic (exact) mass is 273 g/mol. The third-order valence-electron chi connectivity index (χ3n) is 3.69. The molecule has 0 aliphatic heterocycles. The van der Waals surface area contributed by atoms with Crippen molar-refractivity contribution in [2.75, 3.05) is 5.32 Å². The molecule has 104 valence electrons. The lowest BCUT2D eigenvalue weighted by Crippen LogP contribution is -2.45. The van der Waals surface area contributed by atoms with Crippen LogP contribution in [0.3, 0.4) is 0 Å². The van der Waals surface area contributed by atoms with Crippen molar-refractivity contribution >= 4 is 17.3 Å². The molecule has 0 saturated heterocycles. The van der Waals surface area contributed by atoms with Gasteiger partial charge in [-0.15, -0.1) is 0 Å². The van der Waals surface area contributed by atoms with Gasteiger partial charge in [0.1, 0.15) is 5.41 Å². The molecule has 6 nitrogen and oxygen atoms in total. The van der Waals surface area contributed by atoms with E-state index >= 15 is 0 Å². The molecule has 1 aromatic carbocycles. The van der Waals surface area contributed by atoms with E-state index in [0.29, 0.717) is 30.0 Å². The second kappa shape index (κ2) is 4.93. The first kappa shape index (κ1) is 14.0. The van der Waals surface area contributed by atoms with Gasteiger partial charge in [0.05, 0.1) is 11.0 Å². The van der Waals surface area contributed by atoms with Gasteiger partial charge in [0, 0.05) is 17.3 Å². The Labute approximate surface area is 116 Å². The average molecular weight is 273 g/mol. The number of nitrogens with zero attached hydrogens (tertiary/aromatic N) is 2. The Bertz CT molecular complexity index is 613. The number of nitriles is 1. The summed E-state index contributed by atoms with van der Waals surface area (Å²) in [6.07, 6.45) is 1.11. The van der Waals surface area contributed by atoms with Crippen LogP contribution in [0.1, 0.15) is 25.3 Å².